The van der Waals surface area contributed by atoms with Crippen LogP contribution in [0, 0.1) is 46.3 Å². The van der Waals surface area contributed by atoms with Crippen molar-refractivity contribution in [1.82, 2.24) is 0 Å². The highest BCUT2D eigenvalue weighted by Crippen LogP contribution is 2.68. The third-order valence-corrected chi connectivity index (χ3v) is 12.8. The normalized spacial score (nSPS) is 41.4. The predicted octanol–water partition coefficient (Wildman–Crippen LogP) is 5.81. The van der Waals surface area contributed by atoms with Gasteiger partial charge in [-0.25, -0.2) is 0 Å². The van der Waals surface area contributed by atoms with E-state index in [9.17, 15) is 14.3 Å². The summed E-state index contributed by atoms with van der Waals surface area (Å²) >= 11 is 0. The number of carbonyl (C=O) groups is 1. The Hall–Kier alpha value is -0.460. The van der Waals surface area contributed by atoms with Gasteiger partial charge in [0.25, 0.3) is 7.82 Å². The van der Waals surface area contributed by atoms with E-state index in [1.807, 2.05) is 21.1 Å². The van der Waals surface area contributed by atoms with Crippen molar-refractivity contribution in [2.45, 2.75) is 97.5 Å². The lowest BCUT2D eigenvalue weighted by atomic mass is 9.44. The topological polar surface area (TPSA) is 84.9 Å². The summed E-state index contributed by atoms with van der Waals surface area (Å²) in [6.45, 7) is 8.20. The van der Waals surface area contributed by atoms with Gasteiger partial charge in [-0.15, -0.1) is 0 Å². The molecule has 8 heteroatoms. The summed E-state index contributed by atoms with van der Waals surface area (Å²) < 4.78 is 29.0. The molecule has 0 aromatic carbocycles. The standard InChI is InChI=1S/C30H54NO6P/c1-21(8-13-28(32)35-7)25-11-12-26-24-10-9-22-20-23(37-38(33,34)36-19-18-31(4,5)6)14-16-29(22,2)27(24)15-17-30(25,26)3/h21-27H,8-20H2,1-7H3/t21-,22-,23-,24+,25-,26+,27+,29+,30-/m1/s1. The number of nitrogens with zero attached hydrogens (tertiary/aromatic N) is 1. The van der Waals surface area contributed by atoms with Crippen molar-refractivity contribution in [1.29, 1.82) is 0 Å². The summed E-state index contributed by atoms with van der Waals surface area (Å²) in [7, 11) is 3.25. The van der Waals surface area contributed by atoms with Crippen molar-refractivity contribution >= 4 is 13.8 Å². The maximum absolute atomic E-state index is 12.6. The highest BCUT2D eigenvalue weighted by Gasteiger charge is 2.60. The van der Waals surface area contributed by atoms with Gasteiger partial charge in [0.2, 0.25) is 0 Å². The summed E-state index contributed by atoms with van der Waals surface area (Å²) in [6.07, 6.45) is 11.5. The van der Waals surface area contributed by atoms with Crippen molar-refractivity contribution in [2.75, 3.05) is 41.4 Å². The first-order chi connectivity index (χ1) is 17.7. The van der Waals surface area contributed by atoms with E-state index in [1.54, 1.807) is 0 Å². The lowest BCUT2D eigenvalue weighted by Gasteiger charge is -2.61. The number of phosphoric ester groups is 1. The van der Waals surface area contributed by atoms with Crippen molar-refractivity contribution in [3.8, 4) is 0 Å². The zero-order chi connectivity index (χ0) is 27.9. The SMILES string of the molecule is COC(=O)CC[C@@H](C)[C@H]1CC[C@H]2[C@@H]3CC[C@@H]4C[C@H](OP(=O)([O-])OCC[N+](C)(C)C)CC[C@]4(C)[C@H]3CC[C@]12C. The fourth-order valence-electron chi connectivity index (χ4n) is 9.58. The Labute approximate surface area is 231 Å². The third kappa shape index (κ3) is 6.38. The van der Waals surface area contributed by atoms with Gasteiger partial charge in [0, 0.05) is 6.42 Å². The molecule has 0 saturated heterocycles. The summed E-state index contributed by atoms with van der Waals surface area (Å²) in [5, 5.41) is 0. The molecule has 10 atom stereocenters. The summed E-state index contributed by atoms with van der Waals surface area (Å²) in [6, 6.07) is 0. The Balaban J connectivity index is 1.36. The lowest BCUT2D eigenvalue weighted by molar-refractivity contribution is -0.870. The molecule has 0 aromatic rings. The third-order valence-electron chi connectivity index (χ3n) is 11.7. The highest BCUT2D eigenvalue weighted by molar-refractivity contribution is 7.45. The Morgan fingerprint density at radius 3 is 2.39 bits per heavy atom. The Kier molecular flexibility index (Phi) is 9.17. The van der Waals surface area contributed by atoms with E-state index in [2.05, 4.69) is 20.8 Å². The van der Waals surface area contributed by atoms with Crippen LogP contribution in [0.2, 0.25) is 0 Å². The van der Waals surface area contributed by atoms with E-state index in [-0.39, 0.29) is 24.1 Å². The molecule has 4 saturated carbocycles. The van der Waals surface area contributed by atoms with Gasteiger partial charge in [-0.1, -0.05) is 20.8 Å². The molecule has 38 heavy (non-hydrogen) atoms. The van der Waals surface area contributed by atoms with E-state index in [4.69, 9.17) is 13.8 Å². The van der Waals surface area contributed by atoms with E-state index in [1.165, 1.54) is 45.6 Å². The van der Waals surface area contributed by atoms with Gasteiger partial charge in [-0.3, -0.25) is 9.36 Å². The van der Waals surface area contributed by atoms with Crippen molar-refractivity contribution < 1.29 is 32.5 Å². The number of phosphoric acid groups is 1. The number of hydrogen-bond acceptors (Lipinski definition) is 6. The summed E-state index contributed by atoms with van der Waals surface area (Å²) in [5.41, 5.74) is 0.647. The van der Waals surface area contributed by atoms with Gasteiger partial charge in [0.15, 0.2) is 0 Å². The fraction of sp³-hybridized carbons (Fsp3) is 0.967. The largest absolute Gasteiger partial charge is 0.756 e. The Morgan fingerprint density at radius 2 is 1.71 bits per heavy atom. The Morgan fingerprint density at radius 1 is 1.03 bits per heavy atom. The van der Waals surface area contributed by atoms with Crippen LogP contribution in [0.3, 0.4) is 0 Å². The quantitative estimate of drug-likeness (QED) is 0.192. The number of likely N-dealkylation sites (N-methyl/N-ethyl adjacent to an activating group) is 1. The zero-order valence-corrected chi connectivity index (χ0v) is 26.0. The maximum Gasteiger partial charge on any atom is 0.305 e. The molecule has 220 valence electrons. The van der Waals surface area contributed by atoms with Crippen molar-refractivity contribution in [3.63, 3.8) is 0 Å². The van der Waals surface area contributed by atoms with Gasteiger partial charge in [-0.05, 0) is 111 Å². The van der Waals surface area contributed by atoms with Crippen molar-refractivity contribution in [3.05, 3.63) is 0 Å². The molecule has 1 unspecified atom stereocenters. The number of hydrogen-bond donors (Lipinski definition) is 0. The van der Waals surface area contributed by atoms with Gasteiger partial charge >= 0.3 is 5.97 Å². The van der Waals surface area contributed by atoms with Crippen LogP contribution in [0.5, 0.6) is 0 Å². The summed E-state index contributed by atoms with van der Waals surface area (Å²) in [4.78, 5) is 24.3. The molecule has 0 radical (unpaired) electrons. The molecule has 0 amide bonds. The van der Waals surface area contributed by atoms with E-state index >= 15 is 0 Å². The van der Waals surface area contributed by atoms with Gasteiger partial charge in [0.05, 0.1) is 34.4 Å². The van der Waals surface area contributed by atoms with Crippen LogP contribution in [-0.2, 0) is 23.1 Å². The molecule has 0 bridgehead atoms. The average Bonchev–Trinajstić information content (AvgIpc) is 3.18. The van der Waals surface area contributed by atoms with Crippen LogP contribution >= 0.6 is 7.82 Å². The molecule has 0 N–H and O–H groups in total. The van der Waals surface area contributed by atoms with Crippen LogP contribution in [0.15, 0.2) is 0 Å². The maximum atomic E-state index is 12.6. The zero-order valence-electron chi connectivity index (χ0n) is 25.1. The molecular weight excluding hydrogens is 501 g/mol. The van der Waals surface area contributed by atoms with Gasteiger partial charge < -0.3 is 23.2 Å². The smallest absolute Gasteiger partial charge is 0.305 e. The molecule has 0 aromatic heterocycles. The first-order valence-electron chi connectivity index (χ1n) is 15.2. The first-order valence-corrected chi connectivity index (χ1v) is 16.7. The molecule has 4 fully saturated rings. The summed E-state index contributed by atoms with van der Waals surface area (Å²) in [5.74, 6) is 3.95. The van der Waals surface area contributed by atoms with Crippen LogP contribution in [0.1, 0.15) is 91.4 Å². The van der Waals surface area contributed by atoms with E-state index < -0.39 is 7.82 Å². The number of fused-ring (bicyclic) bond motifs is 5. The molecule has 0 heterocycles. The second-order valence-corrected chi connectivity index (χ2v) is 16.1. The van der Waals surface area contributed by atoms with Crippen LogP contribution in [-0.4, -0.2) is 58.0 Å². The number of carbonyl (C=O) groups excluding carboxylic acids is 1. The molecule has 7 nitrogen and oxygen atoms in total. The lowest BCUT2D eigenvalue weighted by Crippen LogP contribution is -2.54. The number of esters is 1. The van der Waals surface area contributed by atoms with Gasteiger partial charge in [0.1, 0.15) is 13.2 Å². The van der Waals surface area contributed by atoms with Crippen LogP contribution in [0.4, 0.5) is 0 Å². The minimum Gasteiger partial charge on any atom is -0.756 e. The van der Waals surface area contributed by atoms with Crippen molar-refractivity contribution in [2.24, 2.45) is 46.3 Å². The fourth-order valence-corrected chi connectivity index (χ4v) is 10.5. The van der Waals surface area contributed by atoms with Crippen LogP contribution < -0.4 is 4.89 Å². The molecule has 4 aliphatic rings. The highest BCUT2D eigenvalue weighted by atomic mass is 31.2. The number of methoxy groups -OCH3 is 1. The Bertz CT molecular complexity index is 890. The van der Waals surface area contributed by atoms with Crippen LogP contribution in [0.25, 0.3) is 0 Å². The van der Waals surface area contributed by atoms with E-state index in [0.29, 0.717) is 40.6 Å². The number of rotatable bonds is 10. The number of quaternary nitrogens is 1. The average molecular weight is 556 g/mol. The second kappa shape index (κ2) is 11.4. The molecule has 0 aliphatic heterocycles. The first kappa shape index (κ1) is 30.5. The monoisotopic (exact) mass is 555 g/mol. The molecule has 4 rings (SSSR count). The predicted molar refractivity (Wildman–Crippen MR) is 147 cm³/mol. The molecular formula is C30H54NO6P. The minimum absolute atomic E-state index is 0.0878. The second-order valence-electron chi connectivity index (χ2n) is 14.8. The van der Waals surface area contributed by atoms with E-state index in [0.717, 1.165) is 43.4 Å². The molecule has 0 spiro atoms. The number of ether oxygens (including phenoxy) is 1. The van der Waals surface area contributed by atoms with Gasteiger partial charge in [-0.2, -0.15) is 0 Å². The minimum atomic E-state index is -4.29. The molecule has 4 aliphatic carbocycles.